The minimum absolute atomic E-state index is 0. The van der Waals surface area contributed by atoms with Crippen molar-refractivity contribution in [3.63, 3.8) is 0 Å². The summed E-state index contributed by atoms with van der Waals surface area (Å²) in [4.78, 5) is 21.1. The molecule has 0 aromatic carbocycles. The van der Waals surface area contributed by atoms with E-state index >= 15 is 0 Å². The summed E-state index contributed by atoms with van der Waals surface area (Å²) in [5.41, 5.74) is 0. The third-order valence-electron chi connectivity index (χ3n) is 2.81. The second kappa shape index (κ2) is 16.6. The molecule has 0 aromatic rings. The number of rotatable bonds is 12. The van der Waals surface area contributed by atoms with Crippen molar-refractivity contribution in [2.75, 3.05) is 6.61 Å². The van der Waals surface area contributed by atoms with E-state index in [4.69, 9.17) is 9.84 Å². The van der Waals surface area contributed by atoms with Crippen LogP contribution in [-0.4, -0.2) is 72.5 Å². The summed E-state index contributed by atoms with van der Waals surface area (Å²) < 4.78 is 4.79. The van der Waals surface area contributed by atoms with Crippen LogP contribution in [0, 0.1) is 0 Å². The molecule has 0 unspecified atom stereocenters. The topological polar surface area (TPSA) is 63.6 Å². The molecule has 0 fully saturated rings. The van der Waals surface area contributed by atoms with Gasteiger partial charge < -0.3 is 9.84 Å². The first kappa shape index (κ1) is 21.8. The Kier molecular flexibility index (Phi) is 19.0. The predicted molar refractivity (Wildman–Crippen MR) is 79.0 cm³/mol. The van der Waals surface area contributed by atoms with Crippen LogP contribution in [0.5, 0.6) is 0 Å². The van der Waals surface area contributed by atoms with Gasteiger partial charge >= 0.3 is 60.8 Å². The number of unbranched alkanes of at least 4 members (excludes halogenated alkanes) is 8. The maximum absolute atomic E-state index is 10.9. The van der Waals surface area contributed by atoms with Crippen molar-refractivity contribution in [3.05, 3.63) is 0 Å². The molecule has 0 spiro atoms. The van der Waals surface area contributed by atoms with E-state index in [1.54, 1.807) is 0 Å². The monoisotopic (exact) mass is 398 g/mol. The Morgan fingerprint density at radius 3 is 1.84 bits per heavy atom. The van der Waals surface area contributed by atoms with Gasteiger partial charge in [-0.3, -0.25) is 9.59 Å². The van der Waals surface area contributed by atoms with Crippen LogP contribution in [0.4, 0.5) is 0 Å². The number of carboxylic acid groups (broad SMARTS) is 1. The first-order valence-corrected chi connectivity index (χ1v) is 7.04. The number of ether oxygens (including phenoxy) is 1. The van der Waals surface area contributed by atoms with E-state index in [0.717, 1.165) is 12.8 Å². The van der Waals surface area contributed by atoms with E-state index in [0.29, 0.717) is 6.61 Å². The van der Waals surface area contributed by atoms with Crippen LogP contribution in [0.2, 0.25) is 0 Å². The molecule has 0 bridgehead atoms. The maximum atomic E-state index is 10.9. The van der Waals surface area contributed by atoms with Crippen LogP contribution < -0.4 is 0 Å². The van der Waals surface area contributed by atoms with Crippen molar-refractivity contribution in [2.45, 2.75) is 71.1 Å². The molecule has 0 rings (SSSR count). The van der Waals surface area contributed by atoms with Crippen molar-refractivity contribution in [1.82, 2.24) is 0 Å². The van der Waals surface area contributed by atoms with Crippen LogP contribution >= 0.6 is 0 Å². The molecule has 19 heavy (non-hydrogen) atoms. The zero-order valence-corrected chi connectivity index (χ0v) is 11.5. The molecule has 1 N–H and O–H groups in total. The van der Waals surface area contributed by atoms with E-state index in [9.17, 15) is 9.59 Å². The Morgan fingerprint density at radius 2 is 1.37 bits per heavy atom. The standard InChI is InChI=1S/C14H26O4.Ba.2H/c1-2-3-4-5-6-7-8-9-10-11-18-14(17)12-13(15)16;;;/h2-12H2,1H3,(H,15,16);;;. The van der Waals surface area contributed by atoms with Crippen LogP contribution in [0.15, 0.2) is 0 Å². The van der Waals surface area contributed by atoms with Gasteiger partial charge in [0, 0.05) is 0 Å². The third-order valence-corrected chi connectivity index (χ3v) is 2.81. The third kappa shape index (κ3) is 18.5. The van der Waals surface area contributed by atoms with Crippen LogP contribution in [0.25, 0.3) is 0 Å². The van der Waals surface area contributed by atoms with Crippen molar-refractivity contribution < 1.29 is 19.4 Å². The molecule has 0 aromatic heterocycles. The van der Waals surface area contributed by atoms with E-state index < -0.39 is 18.4 Å². The number of carbonyl (C=O) groups excluding carboxylic acids is 1. The Bertz CT molecular complexity index is 231. The zero-order chi connectivity index (χ0) is 13.6. The van der Waals surface area contributed by atoms with Gasteiger partial charge in [-0.1, -0.05) is 58.3 Å². The van der Waals surface area contributed by atoms with Gasteiger partial charge in [-0.25, -0.2) is 0 Å². The van der Waals surface area contributed by atoms with E-state index in [1.165, 1.54) is 44.9 Å². The van der Waals surface area contributed by atoms with Crippen molar-refractivity contribution in [2.24, 2.45) is 0 Å². The average Bonchev–Trinajstić information content (AvgIpc) is 2.30. The molecule has 0 radical (unpaired) electrons. The summed E-state index contributed by atoms with van der Waals surface area (Å²) in [6.07, 6.45) is 10.3. The molecule has 4 nitrogen and oxygen atoms in total. The molecule has 0 saturated carbocycles. The summed E-state index contributed by atoms with van der Waals surface area (Å²) in [6.45, 7) is 2.56. The van der Waals surface area contributed by atoms with E-state index in [-0.39, 0.29) is 48.9 Å². The first-order valence-electron chi connectivity index (χ1n) is 7.04. The first-order chi connectivity index (χ1) is 8.66. The Morgan fingerprint density at radius 1 is 0.895 bits per heavy atom. The fourth-order valence-electron chi connectivity index (χ4n) is 1.77. The molecular formula is C14H28BaO4. The number of carbonyl (C=O) groups is 2. The van der Waals surface area contributed by atoms with Gasteiger partial charge in [0.15, 0.2) is 0 Å². The van der Waals surface area contributed by atoms with Gasteiger partial charge in [-0.15, -0.1) is 0 Å². The number of carboxylic acids is 1. The molecule has 0 aliphatic rings. The van der Waals surface area contributed by atoms with Crippen molar-refractivity contribution in [1.29, 1.82) is 0 Å². The summed E-state index contributed by atoms with van der Waals surface area (Å²) in [7, 11) is 0. The summed E-state index contributed by atoms with van der Waals surface area (Å²) in [5.74, 6) is -1.77. The van der Waals surface area contributed by atoms with E-state index in [2.05, 4.69) is 6.92 Å². The molecule has 0 saturated heterocycles. The van der Waals surface area contributed by atoms with Crippen molar-refractivity contribution in [3.8, 4) is 0 Å². The molecule has 0 aliphatic heterocycles. The number of esters is 1. The second-order valence-corrected chi connectivity index (χ2v) is 4.62. The van der Waals surface area contributed by atoms with Gasteiger partial charge in [0.1, 0.15) is 6.42 Å². The summed E-state index contributed by atoms with van der Waals surface area (Å²) >= 11 is 0. The molecular weight excluding hydrogens is 369 g/mol. The number of aliphatic carboxylic acids is 1. The van der Waals surface area contributed by atoms with E-state index in [1.807, 2.05) is 0 Å². The average molecular weight is 398 g/mol. The Balaban J connectivity index is 0. The fraction of sp³-hybridized carbons (Fsp3) is 0.857. The van der Waals surface area contributed by atoms with Crippen LogP contribution in [0.3, 0.4) is 0 Å². The molecule has 5 heteroatoms. The van der Waals surface area contributed by atoms with Gasteiger partial charge in [-0.05, 0) is 6.42 Å². The minimum atomic E-state index is -1.13. The quantitative estimate of drug-likeness (QED) is 0.238. The van der Waals surface area contributed by atoms with Gasteiger partial charge in [0.05, 0.1) is 6.61 Å². The Hall–Kier alpha value is 0.511. The van der Waals surface area contributed by atoms with Crippen molar-refractivity contribution >= 4 is 60.8 Å². The molecule has 0 amide bonds. The summed E-state index contributed by atoms with van der Waals surface area (Å²) in [5, 5.41) is 8.34. The molecule has 0 heterocycles. The fourth-order valence-corrected chi connectivity index (χ4v) is 1.77. The molecule has 110 valence electrons. The van der Waals surface area contributed by atoms with Gasteiger partial charge in [-0.2, -0.15) is 0 Å². The predicted octanol–water partition coefficient (Wildman–Crippen LogP) is 2.62. The Labute approximate surface area is 156 Å². The van der Waals surface area contributed by atoms with Crippen LogP contribution in [-0.2, 0) is 14.3 Å². The van der Waals surface area contributed by atoms with Crippen LogP contribution in [0.1, 0.15) is 71.1 Å². The van der Waals surface area contributed by atoms with Gasteiger partial charge in [0.2, 0.25) is 0 Å². The summed E-state index contributed by atoms with van der Waals surface area (Å²) in [6, 6.07) is 0. The molecule has 0 aliphatic carbocycles. The number of hydrogen-bond acceptors (Lipinski definition) is 3. The second-order valence-electron chi connectivity index (χ2n) is 4.62. The normalized spacial score (nSPS) is 9.74. The SMILES string of the molecule is CCCCCCCCCCCOC(=O)CC(=O)O.[BaH2]. The molecule has 0 atom stereocenters. The zero-order valence-electron chi connectivity index (χ0n) is 11.5. The van der Waals surface area contributed by atoms with Gasteiger partial charge in [0.25, 0.3) is 0 Å². The number of hydrogen-bond donors (Lipinski definition) is 1.